The van der Waals surface area contributed by atoms with E-state index in [1.54, 1.807) is 24.3 Å². The monoisotopic (exact) mass is 351 g/mol. The Bertz CT molecular complexity index is 889. The number of ether oxygens (including phenoxy) is 2. The molecule has 5 nitrogen and oxygen atoms in total. The van der Waals surface area contributed by atoms with E-state index in [0.717, 1.165) is 5.56 Å². The molecule has 0 saturated heterocycles. The highest BCUT2D eigenvalue weighted by Gasteiger charge is 2.27. The maximum atomic E-state index is 12.5. The molecule has 2 aromatic rings. The van der Waals surface area contributed by atoms with Gasteiger partial charge in [-0.3, -0.25) is 9.59 Å². The van der Waals surface area contributed by atoms with Crippen molar-refractivity contribution >= 4 is 17.8 Å². The molecule has 0 bridgehead atoms. The van der Waals surface area contributed by atoms with Gasteiger partial charge in [0.05, 0.1) is 5.56 Å². The number of benzene rings is 2. The summed E-state index contributed by atoms with van der Waals surface area (Å²) in [5.41, 5.74) is 7.71. The van der Waals surface area contributed by atoms with Crippen molar-refractivity contribution in [2.45, 2.75) is 26.2 Å². The summed E-state index contributed by atoms with van der Waals surface area (Å²) in [4.78, 5) is 23.3. The van der Waals surface area contributed by atoms with E-state index in [1.165, 1.54) is 5.56 Å². The molecule has 5 heteroatoms. The van der Waals surface area contributed by atoms with Crippen LogP contribution in [0.3, 0.4) is 0 Å². The van der Waals surface area contributed by atoms with Gasteiger partial charge in [0, 0.05) is 6.07 Å². The molecule has 1 aliphatic rings. The van der Waals surface area contributed by atoms with Crippen molar-refractivity contribution in [2.75, 3.05) is 6.61 Å². The molecule has 0 unspecified atom stereocenters. The number of ketones is 1. The number of nitrogens with two attached hydrogens (primary N) is 1. The molecule has 3 rings (SSSR count). The van der Waals surface area contributed by atoms with Crippen LogP contribution in [-0.4, -0.2) is 18.3 Å². The van der Waals surface area contributed by atoms with E-state index >= 15 is 0 Å². The molecule has 2 N–H and O–H groups in total. The van der Waals surface area contributed by atoms with Crippen molar-refractivity contribution in [2.24, 2.45) is 5.73 Å². The Morgan fingerprint density at radius 3 is 2.46 bits per heavy atom. The number of fused-ring (bicyclic) bond motifs is 1. The van der Waals surface area contributed by atoms with Gasteiger partial charge in [0.2, 0.25) is 5.78 Å². The number of hydrogen-bond acceptors (Lipinski definition) is 4. The molecule has 26 heavy (non-hydrogen) atoms. The van der Waals surface area contributed by atoms with Crippen LogP contribution in [-0.2, 0) is 10.2 Å². The average molecular weight is 351 g/mol. The summed E-state index contributed by atoms with van der Waals surface area (Å²) in [6.07, 6.45) is 1.72. The summed E-state index contributed by atoms with van der Waals surface area (Å²) in [6, 6.07) is 12.9. The second-order valence-corrected chi connectivity index (χ2v) is 7.22. The van der Waals surface area contributed by atoms with Crippen molar-refractivity contribution < 1.29 is 19.1 Å². The lowest BCUT2D eigenvalue weighted by molar-refractivity contribution is -0.119. The molecule has 2 aromatic carbocycles. The van der Waals surface area contributed by atoms with Crippen LogP contribution >= 0.6 is 0 Å². The lowest BCUT2D eigenvalue weighted by atomic mass is 9.86. The number of hydrogen-bond donors (Lipinski definition) is 1. The maximum absolute atomic E-state index is 12.5. The predicted octanol–water partition coefficient (Wildman–Crippen LogP) is 3.46. The van der Waals surface area contributed by atoms with Crippen LogP contribution in [0.2, 0.25) is 0 Å². The Hall–Kier alpha value is -3.08. The van der Waals surface area contributed by atoms with E-state index in [4.69, 9.17) is 15.2 Å². The molecule has 0 aliphatic carbocycles. The molecule has 0 spiro atoms. The Labute approximate surface area is 152 Å². The molecule has 1 heterocycles. The number of primary amides is 1. The minimum absolute atomic E-state index is 0.0723. The molecule has 0 atom stereocenters. The van der Waals surface area contributed by atoms with Crippen molar-refractivity contribution in [1.29, 1.82) is 0 Å². The number of carbonyl (C=O) groups is 2. The lowest BCUT2D eigenvalue weighted by Gasteiger charge is -2.18. The smallest absolute Gasteiger partial charge is 0.255 e. The summed E-state index contributed by atoms with van der Waals surface area (Å²) in [7, 11) is 0. The van der Waals surface area contributed by atoms with Crippen LogP contribution in [0.1, 0.15) is 42.3 Å². The SMILES string of the molecule is CC(C)(C)c1ccc(/C=C2\Oc3cc(OCC(N)=O)ccc3C2=O)cc1. The van der Waals surface area contributed by atoms with Gasteiger partial charge < -0.3 is 15.2 Å². The van der Waals surface area contributed by atoms with Crippen molar-refractivity contribution in [1.82, 2.24) is 0 Å². The fraction of sp³-hybridized carbons (Fsp3) is 0.238. The van der Waals surface area contributed by atoms with Gasteiger partial charge in [0.25, 0.3) is 5.91 Å². The largest absolute Gasteiger partial charge is 0.484 e. The van der Waals surface area contributed by atoms with Gasteiger partial charge in [-0.1, -0.05) is 45.0 Å². The van der Waals surface area contributed by atoms with Crippen molar-refractivity contribution in [3.05, 3.63) is 64.9 Å². The third-order valence-corrected chi connectivity index (χ3v) is 4.10. The van der Waals surface area contributed by atoms with Gasteiger partial charge in [-0.25, -0.2) is 0 Å². The molecular weight excluding hydrogens is 330 g/mol. The fourth-order valence-electron chi connectivity index (χ4n) is 2.64. The van der Waals surface area contributed by atoms with E-state index in [9.17, 15) is 9.59 Å². The summed E-state index contributed by atoms with van der Waals surface area (Å²) in [5, 5.41) is 0. The van der Waals surface area contributed by atoms with E-state index in [2.05, 4.69) is 32.9 Å². The number of amides is 1. The second-order valence-electron chi connectivity index (χ2n) is 7.22. The summed E-state index contributed by atoms with van der Waals surface area (Å²) in [5.74, 6) is 0.347. The van der Waals surface area contributed by atoms with Gasteiger partial charge >= 0.3 is 0 Å². The quantitative estimate of drug-likeness (QED) is 0.856. The zero-order valence-electron chi connectivity index (χ0n) is 15.0. The van der Waals surface area contributed by atoms with Crippen molar-refractivity contribution in [3.63, 3.8) is 0 Å². The van der Waals surface area contributed by atoms with Crippen LogP contribution in [0.25, 0.3) is 6.08 Å². The third kappa shape index (κ3) is 3.77. The Kier molecular flexibility index (Phi) is 4.55. The molecule has 0 radical (unpaired) electrons. The first-order valence-corrected chi connectivity index (χ1v) is 8.34. The second kappa shape index (κ2) is 6.67. The molecule has 1 amide bonds. The van der Waals surface area contributed by atoms with Crippen molar-refractivity contribution in [3.8, 4) is 11.5 Å². The first-order valence-electron chi connectivity index (χ1n) is 8.34. The van der Waals surface area contributed by atoms with E-state index in [-0.39, 0.29) is 23.6 Å². The highest BCUT2D eigenvalue weighted by molar-refractivity contribution is 6.14. The van der Waals surface area contributed by atoms with Gasteiger partial charge in [0.1, 0.15) is 11.5 Å². The Balaban J connectivity index is 1.80. The minimum Gasteiger partial charge on any atom is -0.484 e. The number of carbonyl (C=O) groups excluding carboxylic acids is 2. The molecule has 0 fully saturated rings. The molecule has 0 aromatic heterocycles. The summed E-state index contributed by atoms with van der Waals surface area (Å²) in [6.45, 7) is 6.23. The van der Waals surface area contributed by atoms with E-state index in [1.807, 2.05) is 12.1 Å². The average Bonchev–Trinajstić information content (AvgIpc) is 2.88. The standard InChI is InChI=1S/C21H21NO4/c1-21(2,3)14-6-4-13(5-7-14)10-18-20(24)16-9-8-15(11-17(16)26-18)25-12-19(22)23/h4-11H,12H2,1-3H3,(H2,22,23)/b18-10-. The highest BCUT2D eigenvalue weighted by Crippen LogP contribution is 2.35. The third-order valence-electron chi connectivity index (χ3n) is 4.10. The zero-order chi connectivity index (χ0) is 18.9. The molecule has 1 aliphatic heterocycles. The van der Waals surface area contributed by atoms with Crippen LogP contribution in [0, 0.1) is 0 Å². The number of rotatable bonds is 4. The zero-order valence-corrected chi connectivity index (χ0v) is 15.0. The summed E-state index contributed by atoms with van der Waals surface area (Å²) < 4.78 is 10.9. The summed E-state index contributed by atoms with van der Waals surface area (Å²) >= 11 is 0. The lowest BCUT2D eigenvalue weighted by Crippen LogP contribution is -2.19. The molecule has 134 valence electrons. The maximum Gasteiger partial charge on any atom is 0.255 e. The van der Waals surface area contributed by atoms with Crippen LogP contribution in [0.5, 0.6) is 11.5 Å². The van der Waals surface area contributed by atoms with E-state index in [0.29, 0.717) is 17.1 Å². The predicted molar refractivity (Wildman–Crippen MR) is 99.2 cm³/mol. The van der Waals surface area contributed by atoms with Crippen LogP contribution < -0.4 is 15.2 Å². The Morgan fingerprint density at radius 1 is 1.15 bits per heavy atom. The normalized spacial score (nSPS) is 14.9. The number of allylic oxidation sites excluding steroid dienone is 1. The highest BCUT2D eigenvalue weighted by atomic mass is 16.5. The minimum atomic E-state index is -0.568. The van der Waals surface area contributed by atoms with Gasteiger partial charge in [0.15, 0.2) is 12.4 Å². The Morgan fingerprint density at radius 2 is 1.85 bits per heavy atom. The first-order chi connectivity index (χ1) is 12.2. The van der Waals surface area contributed by atoms with Crippen LogP contribution in [0.15, 0.2) is 48.2 Å². The molecule has 0 saturated carbocycles. The number of Topliss-reactive ketones (excluding diaryl/α,β-unsaturated/α-hetero) is 1. The molecular formula is C21H21NO4. The first kappa shape index (κ1) is 17.7. The fourth-order valence-corrected chi connectivity index (χ4v) is 2.64. The van der Waals surface area contributed by atoms with Crippen LogP contribution in [0.4, 0.5) is 0 Å². The van der Waals surface area contributed by atoms with E-state index < -0.39 is 5.91 Å². The topological polar surface area (TPSA) is 78.6 Å². The van der Waals surface area contributed by atoms with Gasteiger partial charge in [-0.15, -0.1) is 0 Å². The van der Waals surface area contributed by atoms with Gasteiger partial charge in [-0.05, 0) is 34.8 Å². The van der Waals surface area contributed by atoms with Gasteiger partial charge in [-0.2, -0.15) is 0 Å².